The molecule has 0 aliphatic carbocycles. The largest absolute Gasteiger partial charge is 0.357 e. The van der Waals surface area contributed by atoms with Crippen molar-refractivity contribution in [2.45, 2.75) is 33.6 Å². The Kier molecular flexibility index (Phi) is 3.24. The Morgan fingerprint density at radius 3 is 2.44 bits per heavy atom. The quantitative estimate of drug-likeness (QED) is 0.779. The van der Waals surface area contributed by atoms with Crippen LogP contribution < -0.4 is 4.90 Å². The molecule has 1 fully saturated rings. The van der Waals surface area contributed by atoms with Gasteiger partial charge in [-0.3, -0.25) is 0 Å². The van der Waals surface area contributed by atoms with E-state index in [0.29, 0.717) is 5.41 Å². The van der Waals surface area contributed by atoms with E-state index >= 15 is 0 Å². The van der Waals surface area contributed by atoms with E-state index in [1.807, 2.05) is 6.92 Å². The molecule has 2 rings (SSSR count). The lowest BCUT2D eigenvalue weighted by atomic mass is 9.83. The molecule has 0 N–H and O–H groups in total. The predicted molar refractivity (Wildman–Crippen MR) is 71.9 cm³/mol. The van der Waals surface area contributed by atoms with Crippen molar-refractivity contribution in [2.75, 3.05) is 18.0 Å². The van der Waals surface area contributed by atoms with E-state index in [1.165, 1.54) is 12.8 Å². The van der Waals surface area contributed by atoms with Crippen LogP contribution >= 0.6 is 15.9 Å². The van der Waals surface area contributed by atoms with Crippen LogP contribution in [0.1, 0.15) is 32.4 Å². The number of pyridine rings is 1. The molecule has 88 valence electrons. The molecule has 0 spiro atoms. The van der Waals surface area contributed by atoms with Crippen LogP contribution in [0.3, 0.4) is 0 Å². The Balaban J connectivity index is 2.11. The van der Waals surface area contributed by atoms with Crippen molar-refractivity contribution < 1.29 is 0 Å². The molecule has 1 aliphatic heterocycles. The van der Waals surface area contributed by atoms with Gasteiger partial charge in [0, 0.05) is 17.6 Å². The van der Waals surface area contributed by atoms with E-state index in [9.17, 15) is 0 Å². The van der Waals surface area contributed by atoms with Crippen LogP contribution in [-0.2, 0) is 0 Å². The zero-order valence-corrected chi connectivity index (χ0v) is 11.8. The summed E-state index contributed by atoms with van der Waals surface area (Å²) in [5.74, 6) is 1.12. The van der Waals surface area contributed by atoms with Gasteiger partial charge in [-0.2, -0.15) is 0 Å². The first-order valence-electron chi connectivity index (χ1n) is 5.86. The van der Waals surface area contributed by atoms with Crippen LogP contribution in [0.4, 0.5) is 5.82 Å². The third-order valence-corrected chi connectivity index (χ3v) is 4.29. The summed E-state index contributed by atoms with van der Waals surface area (Å²) in [6.07, 6.45) is 2.51. The zero-order chi connectivity index (χ0) is 11.8. The summed E-state index contributed by atoms with van der Waals surface area (Å²) in [6, 6.07) is 4.20. The molecular weight excluding hydrogens is 264 g/mol. The minimum absolute atomic E-state index is 0.501. The van der Waals surface area contributed by atoms with Gasteiger partial charge in [-0.15, -0.1) is 0 Å². The fourth-order valence-corrected chi connectivity index (χ4v) is 2.27. The SMILES string of the molecule is Cc1nc(N2CCC(C)(C)CC2)ccc1Br. The number of aryl methyl sites for hydroxylation is 1. The maximum absolute atomic E-state index is 4.62. The monoisotopic (exact) mass is 282 g/mol. The molecule has 0 radical (unpaired) electrons. The van der Waals surface area contributed by atoms with Crippen molar-refractivity contribution in [2.24, 2.45) is 5.41 Å². The summed E-state index contributed by atoms with van der Waals surface area (Å²) in [5, 5.41) is 0. The standard InChI is InChI=1S/C13H19BrN2/c1-10-11(14)4-5-12(15-10)16-8-6-13(2,3)7-9-16/h4-5H,6-9H2,1-3H3. The highest BCUT2D eigenvalue weighted by Crippen LogP contribution is 2.32. The van der Waals surface area contributed by atoms with Gasteiger partial charge in [-0.1, -0.05) is 13.8 Å². The molecule has 3 heteroatoms. The Morgan fingerprint density at radius 1 is 1.25 bits per heavy atom. The molecule has 0 amide bonds. The lowest BCUT2D eigenvalue weighted by Gasteiger charge is -2.37. The number of hydrogen-bond acceptors (Lipinski definition) is 2. The molecular formula is C13H19BrN2. The third kappa shape index (κ3) is 2.57. The molecule has 0 atom stereocenters. The lowest BCUT2D eigenvalue weighted by Crippen LogP contribution is -2.37. The molecule has 0 saturated carbocycles. The topological polar surface area (TPSA) is 16.1 Å². The van der Waals surface area contributed by atoms with Crippen molar-refractivity contribution in [3.8, 4) is 0 Å². The average Bonchev–Trinajstić information content (AvgIpc) is 2.22. The number of rotatable bonds is 1. The van der Waals surface area contributed by atoms with Gasteiger partial charge >= 0.3 is 0 Å². The van der Waals surface area contributed by atoms with Crippen molar-refractivity contribution in [1.29, 1.82) is 0 Å². The molecule has 0 bridgehead atoms. The van der Waals surface area contributed by atoms with E-state index in [4.69, 9.17) is 0 Å². The summed E-state index contributed by atoms with van der Waals surface area (Å²) in [4.78, 5) is 7.02. The Labute approximate surface area is 106 Å². The number of aromatic nitrogens is 1. The Hall–Kier alpha value is -0.570. The highest BCUT2D eigenvalue weighted by atomic mass is 79.9. The van der Waals surface area contributed by atoms with Crippen molar-refractivity contribution in [1.82, 2.24) is 4.98 Å². The summed E-state index contributed by atoms with van der Waals surface area (Å²) in [6.45, 7) is 9.00. The first kappa shape index (κ1) is 11.9. The fourth-order valence-electron chi connectivity index (χ4n) is 2.05. The van der Waals surface area contributed by atoms with Crippen molar-refractivity contribution in [3.05, 3.63) is 22.3 Å². The van der Waals surface area contributed by atoms with Gasteiger partial charge in [0.15, 0.2) is 0 Å². The van der Waals surface area contributed by atoms with E-state index < -0.39 is 0 Å². The number of nitrogens with zero attached hydrogens (tertiary/aromatic N) is 2. The third-order valence-electron chi connectivity index (χ3n) is 3.45. The van der Waals surface area contributed by atoms with Gasteiger partial charge in [-0.05, 0) is 53.2 Å². The summed E-state index contributed by atoms with van der Waals surface area (Å²) in [7, 11) is 0. The van der Waals surface area contributed by atoms with Crippen LogP contribution in [0.15, 0.2) is 16.6 Å². The van der Waals surface area contributed by atoms with Gasteiger partial charge in [0.2, 0.25) is 0 Å². The van der Waals surface area contributed by atoms with Crippen LogP contribution in [0.5, 0.6) is 0 Å². The molecule has 1 aromatic heterocycles. The van der Waals surface area contributed by atoms with E-state index in [2.05, 4.69) is 51.8 Å². The van der Waals surface area contributed by atoms with Gasteiger partial charge in [0.25, 0.3) is 0 Å². The number of anilines is 1. The second-order valence-corrected chi connectivity index (χ2v) is 6.24. The van der Waals surface area contributed by atoms with Gasteiger partial charge in [0.05, 0.1) is 5.69 Å². The number of hydrogen-bond donors (Lipinski definition) is 0. The Bertz CT molecular complexity index is 378. The van der Waals surface area contributed by atoms with Crippen LogP contribution in [0.2, 0.25) is 0 Å². The zero-order valence-electron chi connectivity index (χ0n) is 10.3. The van der Waals surface area contributed by atoms with Crippen molar-refractivity contribution >= 4 is 21.7 Å². The molecule has 1 aliphatic rings. The highest BCUT2D eigenvalue weighted by molar-refractivity contribution is 9.10. The summed E-state index contributed by atoms with van der Waals surface area (Å²) >= 11 is 3.49. The number of halogens is 1. The fraction of sp³-hybridized carbons (Fsp3) is 0.615. The predicted octanol–water partition coefficient (Wildman–Crippen LogP) is 3.78. The summed E-state index contributed by atoms with van der Waals surface area (Å²) in [5.41, 5.74) is 1.57. The first-order chi connectivity index (χ1) is 7.48. The average molecular weight is 283 g/mol. The maximum Gasteiger partial charge on any atom is 0.128 e. The first-order valence-corrected chi connectivity index (χ1v) is 6.65. The molecule has 1 aromatic rings. The maximum atomic E-state index is 4.62. The van der Waals surface area contributed by atoms with Gasteiger partial charge < -0.3 is 4.90 Å². The van der Waals surface area contributed by atoms with Gasteiger partial charge in [0.1, 0.15) is 5.82 Å². The minimum atomic E-state index is 0.501. The van der Waals surface area contributed by atoms with E-state index in [-0.39, 0.29) is 0 Å². The smallest absolute Gasteiger partial charge is 0.128 e. The van der Waals surface area contributed by atoms with Crippen LogP contribution in [-0.4, -0.2) is 18.1 Å². The highest BCUT2D eigenvalue weighted by Gasteiger charge is 2.25. The molecule has 0 unspecified atom stereocenters. The molecule has 16 heavy (non-hydrogen) atoms. The van der Waals surface area contributed by atoms with E-state index in [1.54, 1.807) is 0 Å². The minimum Gasteiger partial charge on any atom is -0.357 e. The Morgan fingerprint density at radius 2 is 1.88 bits per heavy atom. The van der Waals surface area contributed by atoms with E-state index in [0.717, 1.165) is 29.1 Å². The normalized spacial score (nSPS) is 19.9. The van der Waals surface area contributed by atoms with Crippen LogP contribution in [0.25, 0.3) is 0 Å². The second-order valence-electron chi connectivity index (χ2n) is 5.39. The molecule has 2 heterocycles. The second kappa shape index (κ2) is 4.36. The molecule has 2 nitrogen and oxygen atoms in total. The lowest BCUT2D eigenvalue weighted by molar-refractivity contribution is 0.279. The number of piperidine rings is 1. The summed E-state index contributed by atoms with van der Waals surface area (Å²) < 4.78 is 1.09. The molecule has 0 aromatic carbocycles. The van der Waals surface area contributed by atoms with Crippen LogP contribution in [0, 0.1) is 12.3 Å². The van der Waals surface area contributed by atoms with Crippen molar-refractivity contribution in [3.63, 3.8) is 0 Å². The van der Waals surface area contributed by atoms with Gasteiger partial charge in [-0.25, -0.2) is 4.98 Å². The molecule has 1 saturated heterocycles.